The molecule has 0 N–H and O–H groups in total. The van der Waals surface area contributed by atoms with E-state index in [0.717, 1.165) is 0 Å². The topological polar surface area (TPSA) is 0 Å². The Bertz CT molecular complexity index is 8.00. The van der Waals surface area contributed by atoms with Crippen LogP contribution in [0.5, 0.6) is 0 Å². The van der Waals surface area contributed by atoms with Crippen LogP contribution in [0.3, 0.4) is 0 Å². The summed E-state index contributed by atoms with van der Waals surface area (Å²) in [7, 11) is 0. The summed E-state index contributed by atoms with van der Waals surface area (Å²) in [6.45, 7) is 3.56. The smallest absolute Gasteiger partial charge is 0.183 e. The molecule has 0 rings (SSSR count). The average molecular weight is 162 g/mol. The Kier molecular flexibility index (Phi) is 20.0. The van der Waals surface area contributed by atoms with Gasteiger partial charge in [0.05, 0.1) is 0 Å². The van der Waals surface area contributed by atoms with E-state index in [9.17, 15) is 0 Å². The molecule has 0 saturated carbocycles. The maximum absolute atomic E-state index is 3.66. The van der Waals surface area contributed by atoms with Crippen molar-refractivity contribution in [2.75, 3.05) is 0 Å². The van der Waals surface area contributed by atoms with Gasteiger partial charge in [0.25, 0.3) is 0 Å². The van der Waals surface area contributed by atoms with E-state index in [1.165, 1.54) is 0 Å². The summed E-state index contributed by atoms with van der Waals surface area (Å²) in [4.78, 5) is 0. The average Bonchev–Trinajstić information content (AvgIpc) is 0.918. The van der Waals surface area contributed by atoms with Crippen LogP contribution in [0.2, 0.25) is 6.82 Å². The number of thiol groups is 1. The monoisotopic (exact) mass is 162 g/mol. The van der Waals surface area contributed by atoms with Gasteiger partial charge in [0.1, 0.15) is 0 Å². The number of hydrogen-bond acceptors (Lipinski definition) is 1. The predicted molar refractivity (Wildman–Crippen MR) is 20.6 cm³/mol. The molecular weight excluding hydrogens is 158 g/mol. The van der Waals surface area contributed by atoms with E-state index in [-0.39, 0.29) is 19.5 Å². The summed E-state index contributed by atoms with van der Waals surface area (Å²) in [5.41, 5.74) is 0. The first kappa shape index (κ1) is 8.90. The summed E-state index contributed by atoms with van der Waals surface area (Å²) in [5, 5.41) is 0. The van der Waals surface area contributed by atoms with E-state index in [1.807, 2.05) is 6.82 Å². The molecule has 0 heterocycles. The van der Waals surface area contributed by atoms with Gasteiger partial charge in [0, 0.05) is 19.5 Å². The third-order valence-electron chi connectivity index (χ3n) is 0. The second-order valence-corrected chi connectivity index (χ2v) is 0.775. The van der Waals surface area contributed by atoms with E-state index in [0.29, 0.717) is 0 Å². The number of hydrogen-bond donors (Lipinski definition) is 1. The molecule has 0 aromatic heterocycles. The van der Waals surface area contributed by atoms with Gasteiger partial charge < -0.3 is 0 Å². The minimum atomic E-state index is 0. The molecule has 3 heteroatoms. The number of rotatable bonds is 0. The minimum Gasteiger partial charge on any atom is -0.235 e. The van der Waals surface area contributed by atoms with Crippen molar-refractivity contribution in [3.63, 3.8) is 0 Å². The summed E-state index contributed by atoms with van der Waals surface area (Å²) >= 11 is 3.66. The first-order valence-corrected chi connectivity index (χ1v) is 1.35. The van der Waals surface area contributed by atoms with Crippen molar-refractivity contribution in [3.8, 4) is 0 Å². The molecule has 0 amide bonds. The Hall–Kier alpha value is 1.04. The zero-order chi connectivity index (χ0) is 2.71. The molecule has 0 nitrogen and oxygen atoms in total. The van der Waals surface area contributed by atoms with Gasteiger partial charge >= 0.3 is 0 Å². The summed E-state index contributed by atoms with van der Waals surface area (Å²) < 4.78 is 0. The van der Waals surface area contributed by atoms with Crippen molar-refractivity contribution in [2.45, 2.75) is 6.82 Å². The normalized spacial score (nSPS) is 3.50. The van der Waals surface area contributed by atoms with E-state index in [2.05, 4.69) is 12.5 Å². The quantitative estimate of drug-likeness (QED) is 0.390. The van der Waals surface area contributed by atoms with Crippen LogP contribution in [-0.4, -0.2) is 6.56 Å². The van der Waals surface area contributed by atoms with Gasteiger partial charge in [0.2, 0.25) is 0 Å². The maximum Gasteiger partial charge on any atom is 0.183 e. The van der Waals surface area contributed by atoms with Gasteiger partial charge in [-0.2, -0.15) is 0 Å². The zero-order valence-corrected chi connectivity index (χ0v) is 4.89. The van der Waals surface area contributed by atoms with Gasteiger partial charge in [-0.1, -0.05) is 6.82 Å². The fraction of sp³-hybridized carbons (Fsp3) is 1.00. The van der Waals surface area contributed by atoms with Gasteiger partial charge in [-0.3, -0.25) is 0 Å². The fourth-order valence-electron chi connectivity index (χ4n) is 0. The van der Waals surface area contributed by atoms with Crippen LogP contribution in [0, 0.1) is 0 Å². The molecule has 0 aliphatic rings. The molecule has 0 spiro atoms. The van der Waals surface area contributed by atoms with Crippen LogP contribution in [0.4, 0.5) is 0 Å². The second kappa shape index (κ2) is 8.97. The van der Waals surface area contributed by atoms with Crippen molar-refractivity contribution in [2.24, 2.45) is 0 Å². The first-order valence-electron chi connectivity index (χ1n) is 0.836. The van der Waals surface area contributed by atoms with Gasteiger partial charge in [-0.25, -0.2) is 12.5 Å². The molecule has 0 fully saturated rings. The van der Waals surface area contributed by atoms with E-state index in [1.54, 1.807) is 6.56 Å². The van der Waals surface area contributed by atoms with Crippen LogP contribution >= 0.6 is 12.5 Å². The van der Waals surface area contributed by atoms with E-state index in [4.69, 9.17) is 0 Å². The van der Waals surface area contributed by atoms with Crippen LogP contribution in [0.25, 0.3) is 0 Å². The Balaban J connectivity index is 0. The molecule has 0 saturated heterocycles. The van der Waals surface area contributed by atoms with Crippen molar-refractivity contribution >= 4 is 19.0 Å². The SMILES string of the molecule is C[B]S.[Rh]. The zero-order valence-electron chi connectivity index (χ0n) is 2.36. The Morgan fingerprint density at radius 2 is 1.75 bits per heavy atom. The Labute approximate surface area is 45.7 Å². The molecule has 26 valence electrons. The van der Waals surface area contributed by atoms with E-state index >= 15 is 0 Å². The van der Waals surface area contributed by atoms with Crippen molar-refractivity contribution in [3.05, 3.63) is 0 Å². The largest absolute Gasteiger partial charge is 0.235 e. The summed E-state index contributed by atoms with van der Waals surface area (Å²) in [5.74, 6) is 0. The minimum absolute atomic E-state index is 0. The Morgan fingerprint density at radius 3 is 1.75 bits per heavy atom. The molecule has 0 atom stereocenters. The summed E-state index contributed by atoms with van der Waals surface area (Å²) in [6.07, 6.45) is 0. The molecule has 0 aliphatic heterocycles. The fourth-order valence-corrected chi connectivity index (χ4v) is 0. The van der Waals surface area contributed by atoms with Crippen molar-refractivity contribution < 1.29 is 19.5 Å². The third kappa shape index (κ3) is 11.7. The molecule has 4 heavy (non-hydrogen) atoms. The van der Waals surface area contributed by atoms with E-state index < -0.39 is 0 Å². The third-order valence-corrected chi connectivity index (χ3v) is 0. The van der Waals surface area contributed by atoms with Gasteiger partial charge in [0.15, 0.2) is 6.56 Å². The van der Waals surface area contributed by atoms with Crippen LogP contribution in [0.15, 0.2) is 0 Å². The maximum atomic E-state index is 3.66. The van der Waals surface area contributed by atoms with Gasteiger partial charge in [-0.05, 0) is 0 Å². The predicted octanol–water partition coefficient (Wildman–Crippen LogP) is 0.581. The standard InChI is InChI=1S/CH4BS.Rh/c1-2-3;/h3H,1H3;. The molecule has 0 bridgehead atoms. The van der Waals surface area contributed by atoms with Crippen molar-refractivity contribution in [1.82, 2.24) is 0 Å². The molecule has 0 aromatic carbocycles. The van der Waals surface area contributed by atoms with Gasteiger partial charge in [-0.15, -0.1) is 0 Å². The Morgan fingerprint density at radius 1 is 1.75 bits per heavy atom. The van der Waals surface area contributed by atoms with Crippen LogP contribution in [0.1, 0.15) is 0 Å². The summed E-state index contributed by atoms with van der Waals surface area (Å²) in [6, 6.07) is 0. The van der Waals surface area contributed by atoms with Crippen LogP contribution < -0.4 is 0 Å². The molecule has 0 unspecified atom stereocenters. The molecule has 0 aromatic rings. The van der Waals surface area contributed by atoms with Crippen molar-refractivity contribution in [1.29, 1.82) is 0 Å². The second-order valence-electron chi connectivity index (χ2n) is 0.258. The first-order chi connectivity index (χ1) is 1.41. The van der Waals surface area contributed by atoms with Crippen LogP contribution in [-0.2, 0) is 19.5 Å². The molecule has 0 aliphatic carbocycles. The molecule has 2 radical (unpaired) electrons. The molecular formula is CH4BRhS.